The number of rotatable bonds is 24. The van der Waals surface area contributed by atoms with Crippen molar-refractivity contribution in [2.45, 2.75) is 155 Å². The number of carbonyl (C=O) groups is 3. The van der Waals surface area contributed by atoms with E-state index >= 15 is 0 Å². The third-order valence-electron chi connectivity index (χ3n) is 7.10. The molecule has 1 atom stereocenters. The fourth-order valence-corrected chi connectivity index (χ4v) is 4.68. The van der Waals surface area contributed by atoms with Gasteiger partial charge in [0.1, 0.15) is 18.2 Å². The highest BCUT2D eigenvalue weighted by atomic mass is 16.6. The lowest BCUT2D eigenvalue weighted by atomic mass is 10.1. The van der Waals surface area contributed by atoms with Crippen molar-refractivity contribution < 1.29 is 23.9 Å². The van der Waals surface area contributed by atoms with Crippen LogP contribution in [0.5, 0.6) is 0 Å². The van der Waals surface area contributed by atoms with E-state index < -0.39 is 23.7 Å². The molecule has 0 radical (unpaired) electrons. The SMILES string of the molecule is CCCCCCCC/C=C\CCCCCCCC(=O)NC(CCCCNC(=O)OC(C)(C)C)C(=O)OCc1ccccc1. The van der Waals surface area contributed by atoms with Crippen molar-refractivity contribution in [3.8, 4) is 0 Å². The first kappa shape index (κ1) is 38.2. The Morgan fingerprint density at radius 1 is 0.791 bits per heavy atom. The molecule has 0 bridgehead atoms. The Kier molecular flexibility index (Phi) is 21.8. The van der Waals surface area contributed by atoms with Gasteiger partial charge in [0.2, 0.25) is 5.91 Å². The van der Waals surface area contributed by atoms with Crippen LogP contribution in [-0.2, 0) is 25.7 Å². The third kappa shape index (κ3) is 23.3. The minimum absolute atomic E-state index is 0.119. The molecule has 1 aromatic carbocycles. The van der Waals surface area contributed by atoms with E-state index in [9.17, 15) is 14.4 Å². The Hall–Kier alpha value is -2.83. The largest absolute Gasteiger partial charge is 0.459 e. The average molecular weight is 601 g/mol. The smallest absolute Gasteiger partial charge is 0.407 e. The zero-order valence-corrected chi connectivity index (χ0v) is 27.6. The number of carbonyl (C=O) groups excluding carboxylic acids is 3. The number of allylic oxidation sites excluding steroid dienone is 2. The number of unbranched alkanes of at least 4 members (excludes halogenated alkanes) is 12. The summed E-state index contributed by atoms with van der Waals surface area (Å²) >= 11 is 0. The van der Waals surface area contributed by atoms with Gasteiger partial charge in [-0.25, -0.2) is 9.59 Å². The van der Waals surface area contributed by atoms with Gasteiger partial charge in [0, 0.05) is 13.0 Å². The third-order valence-corrected chi connectivity index (χ3v) is 7.10. The number of hydrogen-bond donors (Lipinski definition) is 2. The molecule has 1 aromatic rings. The standard InChI is InChI=1S/C36H60N2O5/c1-5-6-7-8-9-10-11-12-13-14-15-16-17-18-22-28-33(39)38-32(34(40)42-30-31-25-20-19-21-26-31)27-23-24-29-37-35(41)43-36(2,3)4/h12-13,19-21,25-26,32H,5-11,14-18,22-24,27-30H2,1-4H3,(H,37,41)(H,38,39)/b13-12-. The summed E-state index contributed by atoms with van der Waals surface area (Å²) in [4.78, 5) is 37.4. The van der Waals surface area contributed by atoms with Crippen LogP contribution in [0.1, 0.15) is 142 Å². The van der Waals surface area contributed by atoms with Crippen molar-refractivity contribution in [1.82, 2.24) is 10.6 Å². The summed E-state index contributed by atoms with van der Waals surface area (Å²) in [6.45, 7) is 8.31. The van der Waals surface area contributed by atoms with Crippen molar-refractivity contribution in [3.63, 3.8) is 0 Å². The first-order chi connectivity index (χ1) is 20.7. The maximum atomic E-state index is 12.9. The Morgan fingerprint density at radius 3 is 2.02 bits per heavy atom. The lowest BCUT2D eigenvalue weighted by Gasteiger charge is -2.20. The van der Waals surface area contributed by atoms with Gasteiger partial charge in [0.15, 0.2) is 0 Å². The van der Waals surface area contributed by atoms with Gasteiger partial charge in [-0.05, 0) is 77.7 Å². The first-order valence-electron chi connectivity index (χ1n) is 16.8. The number of esters is 1. The molecule has 1 unspecified atom stereocenters. The Labute approximate surface area is 262 Å². The zero-order chi connectivity index (χ0) is 31.6. The molecule has 2 N–H and O–H groups in total. The van der Waals surface area contributed by atoms with Gasteiger partial charge < -0.3 is 20.1 Å². The molecule has 0 spiro atoms. The highest BCUT2D eigenvalue weighted by molar-refractivity contribution is 5.84. The van der Waals surface area contributed by atoms with Gasteiger partial charge in [-0.3, -0.25) is 4.79 Å². The van der Waals surface area contributed by atoms with Gasteiger partial charge in [-0.2, -0.15) is 0 Å². The molecule has 0 aliphatic carbocycles. The fourth-order valence-electron chi connectivity index (χ4n) is 4.68. The van der Waals surface area contributed by atoms with Crippen LogP contribution in [0, 0.1) is 0 Å². The second-order valence-corrected chi connectivity index (χ2v) is 12.5. The Balaban J connectivity index is 2.29. The molecule has 7 heteroatoms. The topological polar surface area (TPSA) is 93.7 Å². The van der Waals surface area contributed by atoms with E-state index in [0.717, 1.165) is 31.2 Å². The predicted molar refractivity (Wildman–Crippen MR) is 176 cm³/mol. The van der Waals surface area contributed by atoms with Crippen molar-refractivity contribution in [2.24, 2.45) is 0 Å². The summed E-state index contributed by atoms with van der Waals surface area (Å²) in [6, 6.07) is 8.80. The minimum Gasteiger partial charge on any atom is -0.459 e. The van der Waals surface area contributed by atoms with Gasteiger partial charge in [-0.15, -0.1) is 0 Å². The molecule has 0 aromatic heterocycles. The molecule has 1 rings (SSSR count). The van der Waals surface area contributed by atoms with Gasteiger partial charge >= 0.3 is 12.1 Å². The van der Waals surface area contributed by atoms with Crippen molar-refractivity contribution in [2.75, 3.05) is 6.54 Å². The van der Waals surface area contributed by atoms with Gasteiger partial charge in [-0.1, -0.05) is 101 Å². The first-order valence-corrected chi connectivity index (χ1v) is 16.8. The van der Waals surface area contributed by atoms with Crippen LogP contribution in [0.4, 0.5) is 4.79 Å². The summed E-state index contributed by atoms with van der Waals surface area (Å²) in [5, 5.41) is 5.63. The maximum absolute atomic E-state index is 12.9. The maximum Gasteiger partial charge on any atom is 0.407 e. The number of hydrogen-bond acceptors (Lipinski definition) is 5. The molecule has 7 nitrogen and oxygen atoms in total. The molecule has 0 aliphatic rings. The summed E-state index contributed by atoms with van der Waals surface area (Å²) in [6.07, 6.45) is 22.1. The van der Waals surface area contributed by atoms with E-state index in [1.165, 1.54) is 57.8 Å². The van der Waals surface area contributed by atoms with Crippen LogP contribution < -0.4 is 10.6 Å². The number of ether oxygens (including phenoxy) is 2. The predicted octanol–water partition coefficient (Wildman–Crippen LogP) is 8.95. The molecule has 0 saturated carbocycles. The lowest BCUT2D eigenvalue weighted by Crippen LogP contribution is -2.41. The normalized spacial score (nSPS) is 12.2. The van der Waals surface area contributed by atoms with E-state index in [0.29, 0.717) is 32.2 Å². The van der Waals surface area contributed by atoms with Crippen LogP contribution in [0.2, 0.25) is 0 Å². The van der Waals surface area contributed by atoms with Gasteiger partial charge in [0.05, 0.1) is 0 Å². The Morgan fingerprint density at radius 2 is 1.40 bits per heavy atom. The second-order valence-electron chi connectivity index (χ2n) is 12.5. The van der Waals surface area contributed by atoms with E-state index in [1.54, 1.807) is 0 Å². The summed E-state index contributed by atoms with van der Waals surface area (Å²) in [7, 11) is 0. The lowest BCUT2D eigenvalue weighted by molar-refractivity contribution is -0.149. The highest BCUT2D eigenvalue weighted by Gasteiger charge is 2.22. The van der Waals surface area contributed by atoms with E-state index in [4.69, 9.17) is 9.47 Å². The van der Waals surface area contributed by atoms with Crippen molar-refractivity contribution in [1.29, 1.82) is 0 Å². The average Bonchev–Trinajstić information content (AvgIpc) is 2.96. The molecule has 43 heavy (non-hydrogen) atoms. The highest BCUT2D eigenvalue weighted by Crippen LogP contribution is 2.12. The fraction of sp³-hybridized carbons (Fsp3) is 0.694. The molecular formula is C36H60N2O5. The van der Waals surface area contributed by atoms with E-state index in [-0.39, 0.29) is 12.5 Å². The quantitative estimate of drug-likeness (QED) is 0.0702. The number of amides is 2. The molecule has 0 heterocycles. The minimum atomic E-state index is -0.708. The molecule has 2 amide bonds. The van der Waals surface area contributed by atoms with Crippen LogP contribution >= 0.6 is 0 Å². The molecular weight excluding hydrogens is 540 g/mol. The molecule has 0 aliphatic heterocycles. The molecule has 0 saturated heterocycles. The van der Waals surface area contributed by atoms with E-state index in [1.807, 2.05) is 51.1 Å². The summed E-state index contributed by atoms with van der Waals surface area (Å²) in [5.74, 6) is -0.548. The second kappa shape index (κ2) is 24.6. The van der Waals surface area contributed by atoms with Crippen LogP contribution in [0.15, 0.2) is 42.5 Å². The van der Waals surface area contributed by atoms with Crippen molar-refractivity contribution >= 4 is 18.0 Å². The van der Waals surface area contributed by atoms with Crippen LogP contribution in [0.25, 0.3) is 0 Å². The van der Waals surface area contributed by atoms with E-state index in [2.05, 4.69) is 29.7 Å². The number of nitrogens with one attached hydrogen (secondary N) is 2. The summed E-state index contributed by atoms with van der Waals surface area (Å²) < 4.78 is 10.8. The number of benzene rings is 1. The summed E-state index contributed by atoms with van der Waals surface area (Å²) in [5.41, 5.74) is 0.349. The number of alkyl carbamates (subject to hydrolysis) is 1. The van der Waals surface area contributed by atoms with Crippen LogP contribution in [0.3, 0.4) is 0 Å². The molecule has 244 valence electrons. The van der Waals surface area contributed by atoms with Crippen LogP contribution in [-0.4, -0.2) is 36.2 Å². The van der Waals surface area contributed by atoms with Gasteiger partial charge in [0.25, 0.3) is 0 Å². The molecule has 0 fully saturated rings. The Bertz CT molecular complexity index is 895. The monoisotopic (exact) mass is 600 g/mol. The zero-order valence-electron chi connectivity index (χ0n) is 27.6. The van der Waals surface area contributed by atoms with Crippen molar-refractivity contribution in [3.05, 3.63) is 48.0 Å².